The molecule has 0 saturated carbocycles. The van der Waals surface area contributed by atoms with Gasteiger partial charge in [-0.2, -0.15) is 0 Å². The minimum Gasteiger partial charge on any atom is -0.276 e. The molecule has 3 aromatic carbocycles. The number of fused-ring (bicyclic) bond motifs is 3. The third kappa shape index (κ3) is 3.26. The number of halogens is 1. The van der Waals surface area contributed by atoms with E-state index in [4.69, 9.17) is 9.97 Å². The monoisotopic (exact) mass is 524 g/mol. The van der Waals surface area contributed by atoms with Crippen LogP contribution in [0.25, 0.3) is 50.4 Å². The lowest BCUT2D eigenvalue weighted by atomic mass is 10.1. The number of nitrogens with zero attached hydrogens (tertiary/aromatic N) is 4. The van der Waals surface area contributed by atoms with Crippen molar-refractivity contribution in [1.29, 1.82) is 0 Å². The van der Waals surface area contributed by atoms with Crippen molar-refractivity contribution in [3.05, 3.63) is 107 Å². The maximum Gasteiger partial charge on any atom is 0.235 e. The summed E-state index contributed by atoms with van der Waals surface area (Å²) in [5.74, 6) is 0.639. The molecule has 0 atom stereocenters. The molecule has 0 amide bonds. The molecule has 0 unspecified atom stereocenters. The Balaban J connectivity index is 1.70. The second-order valence-corrected chi connectivity index (χ2v) is 8.78. The van der Waals surface area contributed by atoms with Gasteiger partial charge in [-0.05, 0) is 59.0 Å². The Morgan fingerprint density at radius 2 is 1.28 bits per heavy atom. The van der Waals surface area contributed by atoms with Crippen LogP contribution in [0.15, 0.2) is 103 Å². The average molecular weight is 524 g/mol. The summed E-state index contributed by atoms with van der Waals surface area (Å²) < 4.78 is 3.28. The van der Waals surface area contributed by atoms with E-state index in [1.807, 2.05) is 48.7 Å². The molecule has 6 rings (SSSR count). The van der Waals surface area contributed by atoms with Crippen molar-refractivity contribution < 1.29 is 0 Å². The van der Waals surface area contributed by atoms with Gasteiger partial charge in [0.05, 0.1) is 27.9 Å². The zero-order valence-electron chi connectivity index (χ0n) is 17.0. The molecule has 3 heterocycles. The zero-order chi connectivity index (χ0) is 21.5. The normalized spacial score (nSPS) is 11.3. The van der Waals surface area contributed by atoms with Gasteiger partial charge in [0.25, 0.3) is 0 Å². The summed E-state index contributed by atoms with van der Waals surface area (Å²) in [5, 5.41) is 1.09. The third-order valence-electron chi connectivity index (χ3n) is 5.54. The Morgan fingerprint density at radius 1 is 0.625 bits per heavy atom. The summed E-state index contributed by atoms with van der Waals surface area (Å²) in [6.45, 7) is 0. The van der Waals surface area contributed by atoms with Crippen LogP contribution in [0.2, 0.25) is 0 Å². The fourth-order valence-electron chi connectivity index (χ4n) is 4.07. The van der Waals surface area contributed by atoms with E-state index in [1.54, 1.807) is 0 Å². The lowest BCUT2D eigenvalue weighted by Gasteiger charge is -2.11. The zero-order valence-corrected chi connectivity index (χ0v) is 19.1. The van der Waals surface area contributed by atoms with Gasteiger partial charge < -0.3 is 0 Å². The van der Waals surface area contributed by atoms with Crippen LogP contribution in [0.5, 0.6) is 0 Å². The van der Waals surface area contributed by atoms with E-state index < -0.39 is 0 Å². The summed E-state index contributed by atoms with van der Waals surface area (Å²) in [6.07, 6.45) is 1.83. The van der Waals surface area contributed by atoms with Gasteiger partial charge in [-0.25, -0.2) is 9.97 Å². The summed E-state index contributed by atoms with van der Waals surface area (Å²) in [7, 11) is 0. The molecular formula is C27H17IN4. The fourth-order valence-corrected chi connectivity index (χ4v) is 4.54. The van der Waals surface area contributed by atoms with Crippen molar-refractivity contribution in [2.45, 2.75) is 0 Å². The quantitative estimate of drug-likeness (QED) is 0.237. The molecule has 0 bridgehead atoms. The lowest BCUT2D eigenvalue weighted by Crippen LogP contribution is -2.04. The Hall–Kier alpha value is -3.58. The molecule has 0 aliphatic heterocycles. The highest BCUT2D eigenvalue weighted by Gasteiger charge is 2.17. The van der Waals surface area contributed by atoms with Gasteiger partial charge in [-0.3, -0.25) is 9.55 Å². The highest BCUT2D eigenvalue weighted by Crippen LogP contribution is 2.32. The standard InChI is InChI=1S/C27H17IN4/c28-20-13-14-21-25(16-20)32(24-12-7-15-29-26(21)24)27-30-22(18-8-3-1-4-9-18)17-23(31-27)19-10-5-2-6-11-19/h1-17H. The van der Waals surface area contributed by atoms with E-state index in [0.29, 0.717) is 5.95 Å². The molecule has 3 aromatic heterocycles. The molecule has 152 valence electrons. The summed E-state index contributed by atoms with van der Waals surface area (Å²) in [4.78, 5) is 14.7. The maximum atomic E-state index is 5.02. The van der Waals surface area contributed by atoms with E-state index >= 15 is 0 Å². The number of hydrogen-bond acceptors (Lipinski definition) is 3. The highest BCUT2D eigenvalue weighted by atomic mass is 127. The second-order valence-electron chi connectivity index (χ2n) is 7.54. The fraction of sp³-hybridized carbons (Fsp3) is 0. The van der Waals surface area contributed by atoms with E-state index in [0.717, 1.165) is 48.0 Å². The van der Waals surface area contributed by atoms with E-state index in [2.05, 4.69) is 86.7 Å². The van der Waals surface area contributed by atoms with Gasteiger partial charge in [0.2, 0.25) is 5.95 Å². The summed E-state index contributed by atoms with van der Waals surface area (Å²) >= 11 is 2.35. The third-order valence-corrected chi connectivity index (χ3v) is 6.21. The molecule has 0 fully saturated rings. The van der Waals surface area contributed by atoms with Gasteiger partial charge in [-0.1, -0.05) is 60.7 Å². The van der Waals surface area contributed by atoms with Crippen LogP contribution in [0.3, 0.4) is 0 Å². The lowest BCUT2D eigenvalue weighted by molar-refractivity contribution is 0.994. The Labute approximate surface area is 198 Å². The van der Waals surface area contributed by atoms with E-state index in [9.17, 15) is 0 Å². The topological polar surface area (TPSA) is 43.6 Å². The first-order valence-corrected chi connectivity index (χ1v) is 11.4. The first kappa shape index (κ1) is 19.1. The molecule has 0 aliphatic rings. The van der Waals surface area contributed by atoms with Crippen LogP contribution in [0, 0.1) is 3.57 Å². The Kier molecular flexibility index (Phi) is 4.69. The van der Waals surface area contributed by atoms with E-state index in [-0.39, 0.29) is 0 Å². The number of hydrogen-bond donors (Lipinski definition) is 0. The second kappa shape index (κ2) is 7.84. The van der Waals surface area contributed by atoms with Crippen molar-refractivity contribution in [2.75, 3.05) is 0 Å². The van der Waals surface area contributed by atoms with Crippen molar-refractivity contribution >= 4 is 44.5 Å². The average Bonchev–Trinajstić information content (AvgIpc) is 3.18. The smallest absolute Gasteiger partial charge is 0.235 e. The predicted molar refractivity (Wildman–Crippen MR) is 138 cm³/mol. The number of rotatable bonds is 3. The molecule has 6 aromatic rings. The van der Waals surface area contributed by atoms with Gasteiger partial charge >= 0.3 is 0 Å². The van der Waals surface area contributed by atoms with Gasteiger partial charge in [0, 0.05) is 26.3 Å². The molecule has 32 heavy (non-hydrogen) atoms. The Bertz CT molecular complexity index is 1520. The molecule has 0 spiro atoms. The van der Waals surface area contributed by atoms with Crippen molar-refractivity contribution in [1.82, 2.24) is 19.5 Å². The largest absolute Gasteiger partial charge is 0.276 e. The predicted octanol–water partition coefficient (Wildman–Crippen LogP) is 6.91. The Morgan fingerprint density at radius 3 is 1.94 bits per heavy atom. The van der Waals surface area contributed by atoms with E-state index in [1.165, 1.54) is 0 Å². The van der Waals surface area contributed by atoms with Crippen molar-refractivity contribution in [3.8, 4) is 28.5 Å². The first-order valence-electron chi connectivity index (χ1n) is 10.3. The van der Waals surface area contributed by atoms with Crippen molar-refractivity contribution in [2.24, 2.45) is 0 Å². The minimum absolute atomic E-state index is 0.639. The molecule has 5 heteroatoms. The summed E-state index contributed by atoms with van der Waals surface area (Å²) in [5.41, 5.74) is 6.89. The van der Waals surface area contributed by atoms with Crippen LogP contribution >= 0.6 is 22.6 Å². The molecule has 0 N–H and O–H groups in total. The molecule has 0 aliphatic carbocycles. The molecule has 0 radical (unpaired) electrons. The van der Waals surface area contributed by atoms with Crippen molar-refractivity contribution in [3.63, 3.8) is 0 Å². The van der Waals surface area contributed by atoms with Crippen LogP contribution in [0.1, 0.15) is 0 Å². The van der Waals surface area contributed by atoms with Crippen LogP contribution in [-0.4, -0.2) is 19.5 Å². The first-order chi connectivity index (χ1) is 15.8. The highest BCUT2D eigenvalue weighted by molar-refractivity contribution is 14.1. The van der Waals surface area contributed by atoms with Gasteiger partial charge in [-0.15, -0.1) is 0 Å². The maximum absolute atomic E-state index is 5.02. The van der Waals surface area contributed by atoms with Gasteiger partial charge in [0.15, 0.2) is 0 Å². The number of benzene rings is 3. The number of pyridine rings is 1. The minimum atomic E-state index is 0.639. The SMILES string of the molecule is Ic1ccc2c3ncccc3n(-c3nc(-c4ccccc4)cc(-c4ccccc4)n3)c2c1. The molecular weight excluding hydrogens is 507 g/mol. The molecule has 0 saturated heterocycles. The summed E-state index contributed by atoms with van der Waals surface area (Å²) in [6, 6.07) is 33.0. The number of aromatic nitrogens is 4. The molecule has 4 nitrogen and oxygen atoms in total. The van der Waals surface area contributed by atoms with Crippen LogP contribution in [0.4, 0.5) is 0 Å². The van der Waals surface area contributed by atoms with Crippen LogP contribution in [-0.2, 0) is 0 Å². The van der Waals surface area contributed by atoms with Gasteiger partial charge in [0.1, 0.15) is 0 Å². The van der Waals surface area contributed by atoms with Crippen LogP contribution < -0.4 is 0 Å².